The van der Waals surface area contributed by atoms with Gasteiger partial charge in [0.2, 0.25) is 6.79 Å². The SMILES string of the molecule is CC(C)COCC(O)CNCc1cccc2c1OCO2. The van der Waals surface area contributed by atoms with Gasteiger partial charge in [-0.2, -0.15) is 0 Å². The highest BCUT2D eigenvalue weighted by atomic mass is 16.7. The van der Waals surface area contributed by atoms with E-state index < -0.39 is 6.10 Å². The molecule has 1 aliphatic rings. The Balaban J connectivity index is 1.70. The monoisotopic (exact) mass is 281 g/mol. The third kappa shape index (κ3) is 4.37. The van der Waals surface area contributed by atoms with Crippen molar-refractivity contribution in [3.8, 4) is 11.5 Å². The summed E-state index contributed by atoms with van der Waals surface area (Å²) in [4.78, 5) is 0. The Morgan fingerprint density at radius 2 is 2.15 bits per heavy atom. The molecular weight excluding hydrogens is 258 g/mol. The van der Waals surface area contributed by atoms with Gasteiger partial charge >= 0.3 is 0 Å². The zero-order valence-electron chi connectivity index (χ0n) is 12.1. The Morgan fingerprint density at radius 3 is 2.95 bits per heavy atom. The largest absolute Gasteiger partial charge is 0.454 e. The van der Waals surface area contributed by atoms with Crippen LogP contribution in [-0.2, 0) is 11.3 Å². The molecule has 5 nitrogen and oxygen atoms in total. The number of benzene rings is 1. The van der Waals surface area contributed by atoms with E-state index in [4.69, 9.17) is 14.2 Å². The second kappa shape index (κ2) is 7.47. The predicted octanol–water partition coefficient (Wildman–Crippen LogP) is 1.54. The predicted molar refractivity (Wildman–Crippen MR) is 75.9 cm³/mol. The molecule has 2 N–H and O–H groups in total. The minimum absolute atomic E-state index is 0.276. The molecule has 5 heteroatoms. The molecule has 1 aromatic rings. The number of aliphatic hydroxyl groups excluding tert-OH is 1. The van der Waals surface area contributed by atoms with E-state index in [9.17, 15) is 5.11 Å². The van der Waals surface area contributed by atoms with Crippen molar-refractivity contribution in [1.82, 2.24) is 5.32 Å². The third-order valence-corrected chi connectivity index (χ3v) is 2.93. The van der Waals surface area contributed by atoms with E-state index in [-0.39, 0.29) is 6.79 Å². The van der Waals surface area contributed by atoms with E-state index in [2.05, 4.69) is 19.2 Å². The van der Waals surface area contributed by atoms with Crippen LogP contribution in [0.15, 0.2) is 18.2 Å². The molecule has 0 spiro atoms. The summed E-state index contributed by atoms with van der Waals surface area (Å²) in [5, 5.41) is 13.0. The van der Waals surface area contributed by atoms with Crippen molar-refractivity contribution in [2.75, 3.05) is 26.6 Å². The van der Waals surface area contributed by atoms with Crippen molar-refractivity contribution < 1.29 is 19.3 Å². The van der Waals surface area contributed by atoms with Gasteiger partial charge in [0.1, 0.15) is 0 Å². The van der Waals surface area contributed by atoms with E-state index in [0.717, 1.165) is 17.1 Å². The molecule has 0 aromatic heterocycles. The van der Waals surface area contributed by atoms with Gasteiger partial charge in [0.25, 0.3) is 0 Å². The lowest BCUT2D eigenvalue weighted by atomic mass is 10.2. The lowest BCUT2D eigenvalue weighted by Gasteiger charge is -2.14. The summed E-state index contributed by atoms with van der Waals surface area (Å²) in [5.74, 6) is 2.06. The van der Waals surface area contributed by atoms with Gasteiger partial charge in [0.15, 0.2) is 11.5 Å². The highest BCUT2D eigenvalue weighted by Gasteiger charge is 2.16. The summed E-state index contributed by atoms with van der Waals surface area (Å²) in [6, 6.07) is 5.81. The molecule has 0 radical (unpaired) electrons. The van der Waals surface area contributed by atoms with E-state index in [1.54, 1.807) is 0 Å². The molecule has 0 fully saturated rings. The second-order valence-electron chi connectivity index (χ2n) is 5.37. The Morgan fingerprint density at radius 1 is 1.30 bits per heavy atom. The first-order valence-electron chi connectivity index (χ1n) is 7.01. The summed E-state index contributed by atoms with van der Waals surface area (Å²) < 4.78 is 16.2. The van der Waals surface area contributed by atoms with Crippen molar-refractivity contribution in [3.63, 3.8) is 0 Å². The number of hydrogen-bond acceptors (Lipinski definition) is 5. The van der Waals surface area contributed by atoms with Crippen LogP contribution >= 0.6 is 0 Å². The molecule has 1 aliphatic heterocycles. The number of nitrogens with one attached hydrogen (secondary N) is 1. The molecule has 1 aromatic carbocycles. The van der Waals surface area contributed by atoms with Gasteiger partial charge in [-0.1, -0.05) is 26.0 Å². The molecule has 0 saturated carbocycles. The number of ether oxygens (including phenoxy) is 3. The summed E-state index contributed by atoms with van der Waals surface area (Å²) in [7, 11) is 0. The smallest absolute Gasteiger partial charge is 0.231 e. The normalized spacial score (nSPS) is 14.8. The van der Waals surface area contributed by atoms with Gasteiger partial charge < -0.3 is 24.6 Å². The number of fused-ring (bicyclic) bond motifs is 1. The minimum atomic E-state index is -0.498. The molecule has 0 amide bonds. The maximum absolute atomic E-state index is 9.79. The van der Waals surface area contributed by atoms with Crippen LogP contribution in [0, 0.1) is 5.92 Å². The Hall–Kier alpha value is -1.30. The molecule has 20 heavy (non-hydrogen) atoms. The maximum atomic E-state index is 9.79. The first-order valence-corrected chi connectivity index (χ1v) is 7.01. The number of rotatable bonds is 8. The van der Waals surface area contributed by atoms with E-state index in [1.807, 2.05) is 18.2 Å². The second-order valence-corrected chi connectivity index (χ2v) is 5.37. The lowest BCUT2D eigenvalue weighted by Crippen LogP contribution is -2.30. The van der Waals surface area contributed by atoms with Crippen molar-refractivity contribution in [3.05, 3.63) is 23.8 Å². The van der Waals surface area contributed by atoms with Crippen LogP contribution in [0.25, 0.3) is 0 Å². The molecule has 1 heterocycles. The Bertz CT molecular complexity index is 422. The summed E-state index contributed by atoms with van der Waals surface area (Å²) in [6.45, 7) is 6.60. The van der Waals surface area contributed by atoms with Crippen molar-refractivity contribution >= 4 is 0 Å². The van der Waals surface area contributed by atoms with E-state index in [0.29, 0.717) is 32.2 Å². The van der Waals surface area contributed by atoms with Gasteiger partial charge in [0, 0.05) is 25.3 Å². The van der Waals surface area contributed by atoms with Gasteiger partial charge in [-0.05, 0) is 12.0 Å². The molecule has 0 saturated heterocycles. The van der Waals surface area contributed by atoms with E-state index >= 15 is 0 Å². The highest BCUT2D eigenvalue weighted by Crippen LogP contribution is 2.35. The van der Waals surface area contributed by atoms with Gasteiger partial charge in [-0.3, -0.25) is 0 Å². The fraction of sp³-hybridized carbons (Fsp3) is 0.600. The van der Waals surface area contributed by atoms with Crippen LogP contribution in [0.3, 0.4) is 0 Å². The summed E-state index contributed by atoms with van der Waals surface area (Å²) in [5.41, 5.74) is 1.04. The van der Waals surface area contributed by atoms with Crippen molar-refractivity contribution in [2.24, 2.45) is 5.92 Å². The number of hydrogen-bond donors (Lipinski definition) is 2. The first kappa shape index (κ1) is 15.1. The molecule has 1 atom stereocenters. The molecule has 2 rings (SSSR count). The third-order valence-electron chi connectivity index (χ3n) is 2.93. The zero-order valence-corrected chi connectivity index (χ0v) is 12.1. The zero-order chi connectivity index (χ0) is 14.4. The quantitative estimate of drug-likeness (QED) is 0.757. The van der Waals surface area contributed by atoms with Gasteiger partial charge in [-0.15, -0.1) is 0 Å². The average Bonchev–Trinajstić information content (AvgIpc) is 2.87. The molecule has 1 unspecified atom stereocenters. The standard InChI is InChI=1S/C15H23NO4/c1-11(2)8-18-9-13(17)7-16-6-12-4-3-5-14-15(12)20-10-19-14/h3-5,11,13,16-17H,6-10H2,1-2H3. The summed E-state index contributed by atoms with van der Waals surface area (Å²) in [6.07, 6.45) is -0.498. The fourth-order valence-corrected chi connectivity index (χ4v) is 2.00. The first-order chi connectivity index (χ1) is 9.66. The number of aliphatic hydroxyl groups is 1. The number of para-hydroxylation sites is 1. The summed E-state index contributed by atoms with van der Waals surface area (Å²) >= 11 is 0. The Labute approximate surface area is 119 Å². The van der Waals surface area contributed by atoms with Crippen LogP contribution < -0.4 is 14.8 Å². The Kier molecular flexibility index (Phi) is 5.64. The van der Waals surface area contributed by atoms with Crippen molar-refractivity contribution in [2.45, 2.75) is 26.5 Å². The van der Waals surface area contributed by atoms with Crippen LogP contribution in [0.5, 0.6) is 11.5 Å². The fourth-order valence-electron chi connectivity index (χ4n) is 2.00. The molecular formula is C15H23NO4. The molecule has 112 valence electrons. The van der Waals surface area contributed by atoms with E-state index in [1.165, 1.54) is 0 Å². The van der Waals surface area contributed by atoms with Crippen LogP contribution in [0.1, 0.15) is 19.4 Å². The molecule has 0 bridgehead atoms. The highest BCUT2D eigenvalue weighted by molar-refractivity contribution is 5.48. The lowest BCUT2D eigenvalue weighted by molar-refractivity contribution is 0.0260. The topological polar surface area (TPSA) is 60.0 Å². The van der Waals surface area contributed by atoms with Gasteiger partial charge in [0.05, 0.1) is 12.7 Å². The van der Waals surface area contributed by atoms with Gasteiger partial charge in [-0.25, -0.2) is 0 Å². The van der Waals surface area contributed by atoms with Crippen molar-refractivity contribution in [1.29, 1.82) is 0 Å². The van der Waals surface area contributed by atoms with Crippen LogP contribution in [0.4, 0.5) is 0 Å². The average molecular weight is 281 g/mol. The maximum Gasteiger partial charge on any atom is 0.231 e. The minimum Gasteiger partial charge on any atom is -0.454 e. The van der Waals surface area contributed by atoms with Crippen LogP contribution in [-0.4, -0.2) is 37.8 Å². The molecule has 0 aliphatic carbocycles. The van der Waals surface area contributed by atoms with Crippen LogP contribution in [0.2, 0.25) is 0 Å².